The molecule has 2 aromatic rings. The maximum atomic E-state index is 11.2. The molecular formula is C16H16N2O3S. The average molecular weight is 316 g/mol. The Morgan fingerprint density at radius 2 is 2.23 bits per heavy atom. The molecule has 0 aliphatic carbocycles. The van der Waals surface area contributed by atoms with Gasteiger partial charge in [-0.25, -0.2) is 0 Å². The van der Waals surface area contributed by atoms with Gasteiger partial charge in [0.05, 0.1) is 33.9 Å². The van der Waals surface area contributed by atoms with Crippen molar-refractivity contribution in [2.75, 3.05) is 6.61 Å². The summed E-state index contributed by atoms with van der Waals surface area (Å²) >= 11 is 0. The molecule has 0 fully saturated rings. The van der Waals surface area contributed by atoms with Gasteiger partial charge in [0.2, 0.25) is 0 Å². The minimum Gasteiger partial charge on any atom is -0.500 e. The maximum absolute atomic E-state index is 11.2. The summed E-state index contributed by atoms with van der Waals surface area (Å²) in [5.74, 6) is 0.845. The summed E-state index contributed by atoms with van der Waals surface area (Å²) in [6.07, 6.45) is 0. The number of hydrogen-bond acceptors (Lipinski definition) is 5. The van der Waals surface area contributed by atoms with Gasteiger partial charge in [-0.15, -0.1) is 0 Å². The van der Waals surface area contributed by atoms with Gasteiger partial charge in [-0.1, -0.05) is 13.8 Å². The molecule has 0 saturated carbocycles. The first-order valence-corrected chi connectivity index (χ1v) is 8.09. The molecule has 0 amide bonds. The Labute approximate surface area is 131 Å². The highest BCUT2D eigenvalue weighted by Crippen LogP contribution is 2.35. The summed E-state index contributed by atoms with van der Waals surface area (Å²) in [7, 11) is -1.18. The Balaban J connectivity index is 2.42. The lowest BCUT2D eigenvalue weighted by Crippen LogP contribution is -2.16. The Morgan fingerprint density at radius 3 is 2.82 bits per heavy atom. The van der Waals surface area contributed by atoms with Crippen LogP contribution in [0.1, 0.15) is 25.1 Å². The first kappa shape index (κ1) is 16.0. The van der Waals surface area contributed by atoms with Crippen LogP contribution in [0.15, 0.2) is 23.6 Å². The molecule has 1 aromatic carbocycles. The van der Waals surface area contributed by atoms with Crippen LogP contribution < -0.4 is 9.84 Å². The highest BCUT2D eigenvalue weighted by atomic mass is 32.2. The van der Waals surface area contributed by atoms with Gasteiger partial charge in [-0.05, 0) is 31.0 Å². The number of hydrogen-bond donors (Lipinski definition) is 0. The third-order valence-electron chi connectivity index (χ3n) is 2.87. The third kappa shape index (κ3) is 3.43. The fourth-order valence-electron chi connectivity index (χ4n) is 1.91. The van der Waals surface area contributed by atoms with E-state index in [1.165, 1.54) is 0 Å². The summed E-state index contributed by atoms with van der Waals surface area (Å²) in [6.45, 7) is 6.29. The molecule has 22 heavy (non-hydrogen) atoms. The summed E-state index contributed by atoms with van der Waals surface area (Å²) < 4.78 is 5.60. The van der Waals surface area contributed by atoms with Crippen LogP contribution in [0.2, 0.25) is 0 Å². The van der Waals surface area contributed by atoms with Crippen molar-refractivity contribution in [2.45, 2.75) is 20.8 Å². The zero-order valence-electron chi connectivity index (χ0n) is 12.6. The first-order chi connectivity index (χ1) is 10.4. The van der Waals surface area contributed by atoms with E-state index in [1.807, 2.05) is 13.8 Å². The van der Waals surface area contributed by atoms with Gasteiger partial charge in [0.15, 0.2) is 5.38 Å². The molecule has 0 spiro atoms. The average Bonchev–Trinajstić information content (AvgIpc) is 2.87. The van der Waals surface area contributed by atoms with Crippen molar-refractivity contribution in [3.8, 4) is 22.4 Å². The highest BCUT2D eigenvalue weighted by Gasteiger charge is 2.22. The lowest BCUT2D eigenvalue weighted by Gasteiger charge is -2.10. The molecule has 0 bridgehead atoms. The standard InChI is InChI=1S/C16H16N2O3S/c1-10(2)8-21-14-5-4-12(6-13(14)7-17)15-18-11(3)9-22(15)16(19)20/h4-6,9-10H,8H2,1-3H3. The van der Waals surface area contributed by atoms with Crippen LogP contribution >= 0.6 is 10.5 Å². The van der Waals surface area contributed by atoms with Crippen LogP contribution in [0, 0.1) is 24.2 Å². The molecule has 0 aliphatic heterocycles. The van der Waals surface area contributed by atoms with E-state index in [4.69, 9.17) is 4.74 Å². The predicted octanol–water partition coefficient (Wildman–Crippen LogP) is 2.90. The van der Waals surface area contributed by atoms with Crippen molar-refractivity contribution in [2.24, 2.45) is 5.92 Å². The maximum Gasteiger partial charge on any atom is 0.302 e. The zero-order chi connectivity index (χ0) is 16.3. The number of rotatable bonds is 5. The van der Waals surface area contributed by atoms with E-state index in [2.05, 4.69) is 11.1 Å². The van der Waals surface area contributed by atoms with Crippen molar-refractivity contribution in [1.82, 2.24) is 4.98 Å². The predicted molar refractivity (Wildman–Crippen MR) is 82.7 cm³/mol. The molecule has 0 aliphatic rings. The number of thiazole rings is 1. The van der Waals surface area contributed by atoms with Gasteiger partial charge in [0.1, 0.15) is 11.8 Å². The van der Waals surface area contributed by atoms with Gasteiger partial charge < -0.3 is 14.6 Å². The van der Waals surface area contributed by atoms with E-state index >= 15 is 0 Å². The zero-order valence-corrected chi connectivity index (χ0v) is 13.4. The van der Waals surface area contributed by atoms with E-state index in [0.29, 0.717) is 40.1 Å². The van der Waals surface area contributed by atoms with Gasteiger partial charge in [-0.2, -0.15) is 10.2 Å². The van der Waals surface area contributed by atoms with E-state index < -0.39 is 15.8 Å². The van der Waals surface area contributed by atoms with E-state index in [9.17, 15) is 15.2 Å². The van der Waals surface area contributed by atoms with Crippen molar-refractivity contribution in [3.05, 3.63) is 34.8 Å². The number of carbonyl (C=O) groups is 1. The van der Waals surface area contributed by atoms with Gasteiger partial charge in [-0.3, -0.25) is 0 Å². The number of nitrogens with zero attached hydrogens (tertiary/aromatic N) is 2. The number of ether oxygens (including phenoxy) is 1. The largest absolute Gasteiger partial charge is 0.500 e. The molecule has 1 atom stereocenters. The topological polar surface area (TPSA) is 86.0 Å². The third-order valence-corrected chi connectivity index (χ3v) is 4.55. The Bertz CT molecular complexity index is 744. The van der Waals surface area contributed by atoms with E-state index in [0.717, 1.165) is 0 Å². The number of benzene rings is 1. The summed E-state index contributed by atoms with van der Waals surface area (Å²) in [4.78, 5) is 15.5. The molecule has 1 unspecified atom stereocenters. The molecule has 1 heterocycles. The minimum atomic E-state index is -1.18. The smallest absolute Gasteiger partial charge is 0.302 e. The summed E-state index contributed by atoms with van der Waals surface area (Å²) in [6, 6.07) is 7.11. The van der Waals surface area contributed by atoms with Crippen LogP contribution in [0.4, 0.5) is 4.79 Å². The number of carbonyl (C=O) groups excluding carboxylic acids is 1. The fourth-order valence-corrected chi connectivity index (χ4v) is 3.30. The van der Waals surface area contributed by atoms with Crippen LogP contribution in [-0.2, 0) is 0 Å². The second-order valence-electron chi connectivity index (χ2n) is 5.29. The quantitative estimate of drug-likeness (QED) is 0.792. The summed E-state index contributed by atoms with van der Waals surface area (Å²) in [5.41, 5.74) is 1.61. The van der Waals surface area contributed by atoms with Gasteiger partial charge >= 0.3 is 5.30 Å². The molecule has 1 aromatic heterocycles. The molecular weight excluding hydrogens is 300 g/mol. The number of nitriles is 1. The second-order valence-corrected chi connectivity index (χ2v) is 6.92. The number of aromatic nitrogens is 1. The first-order valence-electron chi connectivity index (χ1n) is 6.81. The minimum absolute atomic E-state index is 0.348. The van der Waals surface area contributed by atoms with Crippen molar-refractivity contribution < 1.29 is 14.6 Å². The molecule has 0 radical (unpaired) electrons. The van der Waals surface area contributed by atoms with Gasteiger partial charge in [0.25, 0.3) is 5.01 Å². The molecule has 2 rings (SSSR count). The van der Waals surface area contributed by atoms with Crippen molar-refractivity contribution >= 4 is 15.8 Å². The molecule has 114 valence electrons. The lowest BCUT2D eigenvalue weighted by molar-refractivity contribution is -0.233. The Kier molecular flexibility index (Phi) is 4.78. The Morgan fingerprint density at radius 1 is 1.50 bits per heavy atom. The van der Waals surface area contributed by atoms with E-state index in [1.54, 1.807) is 30.5 Å². The van der Waals surface area contributed by atoms with Crippen LogP contribution in [0.3, 0.4) is 0 Å². The lowest BCUT2D eigenvalue weighted by atomic mass is 10.1. The second kappa shape index (κ2) is 6.58. The Hall–Kier alpha value is -2.39. The van der Waals surface area contributed by atoms with E-state index in [-0.39, 0.29) is 0 Å². The highest BCUT2D eigenvalue weighted by molar-refractivity contribution is 7.51. The van der Waals surface area contributed by atoms with Crippen molar-refractivity contribution in [1.29, 1.82) is 5.26 Å². The molecule has 6 heteroatoms. The molecule has 0 saturated heterocycles. The normalized spacial score (nSPS) is 11.3. The molecule has 5 nitrogen and oxygen atoms in total. The molecule has 0 N–H and O–H groups in total. The fraction of sp³-hybridized carbons (Fsp3) is 0.312. The number of carboxylic acid groups (broad SMARTS) is 1. The monoisotopic (exact) mass is 316 g/mol. The van der Waals surface area contributed by atoms with Crippen LogP contribution in [0.5, 0.6) is 5.75 Å². The summed E-state index contributed by atoms with van der Waals surface area (Å²) in [5, 5.41) is 21.3. The van der Waals surface area contributed by atoms with Crippen LogP contribution in [0.25, 0.3) is 10.6 Å². The SMILES string of the molecule is Cc1c[s+](C(=O)[O-])c(-c2ccc(OCC(C)C)c(C#N)c2)n1. The van der Waals surface area contributed by atoms with Gasteiger partial charge in [0, 0.05) is 0 Å². The van der Waals surface area contributed by atoms with Crippen LogP contribution in [-0.4, -0.2) is 16.9 Å². The number of aryl methyl sites for hydroxylation is 1. The van der Waals surface area contributed by atoms with Crippen molar-refractivity contribution in [3.63, 3.8) is 0 Å².